The lowest BCUT2D eigenvalue weighted by atomic mass is 9.76. The molecule has 1 atom stereocenters. The van der Waals surface area contributed by atoms with Gasteiger partial charge in [0, 0.05) is 25.7 Å². The summed E-state index contributed by atoms with van der Waals surface area (Å²) in [5, 5.41) is 14.5. The average molecular weight is 305 g/mol. The molecule has 1 unspecified atom stereocenters. The number of pyridine rings is 1. The molecule has 0 spiro atoms. The Labute approximate surface area is 130 Å². The number of hydrogen-bond acceptors (Lipinski definition) is 5. The van der Waals surface area contributed by atoms with Gasteiger partial charge < -0.3 is 10.4 Å². The summed E-state index contributed by atoms with van der Waals surface area (Å²) in [5.41, 5.74) is 0.866. The Balaban J connectivity index is 1.56. The summed E-state index contributed by atoms with van der Waals surface area (Å²) in [5.74, 6) is 0.268. The number of hydrogen-bond donors (Lipinski definition) is 2. The second-order valence-electron chi connectivity index (χ2n) is 6.05. The van der Waals surface area contributed by atoms with Crippen molar-refractivity contribution in [3.05, 3.63) is 30.1 Å². The minimum absolute atomic E-state index is 0.00698. The van der Waals surface area contributed by atoms with Crippen LogP contribution in [-0.2, 0) is 9.63 Å². The summed E-state index contributed by atoms with van der Waals surface area (Å²) >= 11 is 0. The first-order valence-corrected chi connectivity index (χ1v) is 7.98. The molecule has 6 heteroatoms. The summed E-state index contributed by atoms with van der Waals surface area (Å²) in [7, 11) is 0. The van der Waals surface area contributed by atoms with E-state index in [0.717, 1.165) is 38.1 Å². The number of hydroxylamine groups is 2. The van der Waals surface area contributed by atoms with E-state index in [-0.39, 0.29) is 24.0 Å². The summed E-state index contributed by atoms with van der Waals surface area (Å²) in [6.45, 7) is 2.26. The molecule has 1 aliphatic heterocycles. The van der Waals surface area contributed by atoms with E-state index in [2.05, 4.69) is 10.3 Å². The molecular formula is C16H23N3O3. The van der Waals surface area contributed by atoms with Gasteiger partial charge in [-0.3, -0.25) is 14.6 Å². The molecule has 0 bridgehead atoms. The van der Waals surface area contributed by atoms with E-state index < -0.39 is 0 Å². The van der Waals surface area contributed by atoms with Crippen molar-refractivity contribution >= 4 is 5.91 Å². The van der Waals surface area contributed by atoms with Crippen LogP contribution in [0.5, 0.6) is 0 Å². The normalized spacial score (nSPS) is 26.4. The van der Waals surface area contributed by atoms with Crippen molar-refractivity contribution in [2.75, 3.05) is 19.7 Å². The summed E-state index contributed by atoms with van der Waals surface area (Å²) < 4.78 is 0. The zero-order valence-corrected chi connectivity index (χ0v) is 12.6. The van der Waals surface area contributed by atoms with Crippen molar-refractivity contribution in [1.29, 1.82) is 0 Å². The van der Waals surface area contributed by atoms with Crippen LogP contribution in [-0.4, -0.2) is 46.9 Å². The zero-order valence-electron chi connectivity index (χ0n) is 12.6. The molecule has 6 nitrogen and oxygen atoms in total. The fraction of sp³-hybridized carbons (Fsp3) is 0.625. The number of carbonyl (C=O) groups excluding carboxylic acids is 1. The number of nitrogens with zero attached hydrogens (tertiary/aromatic N) is 2. The van der Waals surface area contributed by atoms with Gasteiger partial charge in [0.05, 0.1) is 24.4 Å². The number of nitrogens with one attached hydrogen (secondary N) is 1. The van der Waals surface area contributed by atoms with Crippen molar-refractivity contribution in [2.24, 2.45) is 5.92 Å². The molecule has 1 aromatic heterocycles. The highest BCUT2D eigenvalue weighted by Gasteiger charge is 2.36. The topological polar surface area (TPSA) is 74.7 Å². The van der Waals surface area contributed by atoms with E-state index in [9.17, 15) is 9.90 Å². The second-order valence-corrected chi connectivity index (χ2v) is 6.05. The molecule has 3 rings (SSSR count). The SMILES string of the molecule is O=C(CCN1CCCO1)NC(c1ccccn1)C1CC(O)C1. The second kappa shape index (κ2) is 7.17. The highest BCUT2D eigenvalue weighted by Crippen LogP contribution is 2.37. The highest BCUT2D eigenvalue weighted by molar-refractivity contribution is 5.76. The van der Waals surface area contributed by atoms with E-state index in [1.807, 2.05) is 23.3 Å². The molecule has 2 aliphatic rings. The average Bonchev–Trinajstić information content (AvgIpc) is 3.02. The van der Waals surface area contributed by atoms with Gasteiger partial charge in [0.2, 0.25) is 5.91 Å². The Hall–Kier alpha value is -1.50. The van der Waals surface area contributed by atoms with Crippen LogP contribution < -0.4 is 5.32 Å². The zero-order chi connectivity index (χ0) is 15.4. The van der Waals surface area contributed by atoms with Crippen molar-refractivity contribution < 1.29 is 14.7 Å². The van der Waals surface area contributed by atoms with Gasteiger partial charge in [-0.25, -0.2) is 0 Å². The van der Waals surface area contributed by atoms with E-state index in [1.54, 1.807) is 6.20 Å². The van der Waals surface area contributed by atoms with Crippen LogP contribution in [0.15, 0.2) is 24.4 Å². The first-order valence-electron chi connectivity index (χ1n) is 7.98. The molecule has 1 aliphatic carbocycles. The fourth-order valence-electron chi connectivity index (χ4n) is 3.04. The lowest BCUT2D eigenvalue weighted by Gasteiger charge is -2.37. The Kier molecular flexibility index (Phi) is 5.02. The molecule has 1 saturated carbocycles. The Morgan fingerprint density at radius 2 is 2.36 bits per heavy atom. The van der Waals surface area contributed by atoms with Gasteiger partial charge in [-0.2, -0.15) is 5.06 Å². The number of aliphatic hydroxyl groups is 1. The third kappa shape index (κ3) is 3.82. The quantitative estimate of drug-likeness (QED) is 0.821. The van der Waals surface area contributed by atoms with Crippen LogP contribution in [0.2, 0.25) is 0 Å². The third-order valence-corrected chi connectivity index (χ3v) is 4.36. The van der Waals surface area contributed by atoms with Crippen LogP contribution in [0.25, 0.3) is 0 Å². The number of rotatable bonds is 6. The fourth-order valence-corrected chi connectivity index (χ4v) is 3.04. The van der Waals surface area contributed by atoms with Gasteiger partial charge in [0.15, 0.2) is 0 Å². The van der Waals surface area contributed by atoms with Crippen molar-refractivity contribution in [1.82, 2.24) is 15.4 Å². The van der Waals surface area contributed by atoms with Gasteiger partial charge in [-0.1, -0.05) is 6.07 Å². The highest BCUT2D eigenvalue weighted by atomic mass is 16.7. The molecule has 2 fully saturated rings. The Morgan fingerprint density at radius 1 is 1.50 bits per heavy atom. The van der Waals surface area contributed by atoms with Crippen molar-refractivity contribution in [3.63, 3.8) is 0 Å². The van der Waals surface area contributed by atoms with Crippen LogP contribution in [0.1, 0.15) is 37.4 Å². The molecule has 2 N–H and O–H groups in total. The smallest absolute Gasteiger partial charge is 0.221 e. The number of amides is 1. The first kappa shape index (κ1) is 15.4. The predicted molar refractivity (Wildman–Crippen MR) is 80.6 cm³/mol. The minimum Gasteiger partial charge on any atom is -0.393 e. The van der Waals surface area contributed by atoms with E-state index in [1.165, 1.54) is 0 Å². The summed E-state index contributed by atoms with van der Waals surface area (Å²) in [4.78, 5) is 22.0. The molecule has 22 heavy (non-hydrogen) atoms. The maximum Gasteiger partial charge on any atom is 0.221 e. The van der Waals surface area contributed by atoms with Crippen LogP contribution in [0, 0.1) is 5.92 Å². The van der Waals surface area contributed by atoms with Gasteiger partial charge in [0.25, 0.3) is 0 Å². The Morgan fingerprint density at radius 3 is 3.00 bits per heavy atom. The van der Waals surface area contributed by atoms with E-state index in [0.29, 0.717) is 13.0 Å². The van der Waals surface area contributed by atoms with Gasteiger partial charge >= 0.3 is 0 Å². The lowest BCUT2D eigenvalue weighted by Crippen LogP contribution is -2.42. The maximum atomic E-state index is 12.2. The minimum atomic E-state index is -0.244. The van der Waals surface area contributed by atoms with Crippen LogP contribution in [0.4, 0.5) is 0 Å². The van der Waals surface area contributed by atoms with Gasteiger partial charge in [0.1, 0.15) is 0 Å². The Bertz CT molecular complexity index is 485. The molecule has 2 heterocycles. The standard InChI is InChI=1S/C16H23N3O3/c20-13-10-12(11-13)16(14-4-1-2-6-17-14)18-15(21)5-8-19-7-3-9-22-19/h1-2,4,6,12-13,16,20H,3,5,7-11H2,(H,18,21). The molecule has 0 aromatic carbocycles. The maximum absolute atomic E-state index is 12.2. The largest absolute Gasteiger partial charge is 0.393 e. The first-order chi connectivity index (χ1) is 10.7. The molecule has 0 radical (unpaired) electrons. The number of carbonyl (C=O) groups is 1. The molecule has 1 saturated heterocycles. The monoisotopic (exact) mass is 305 g/mol. The van der Waals surface area contributed by atoms with E-state index in [4.69, 9.17) is 4.84 Å². The third-order valence-electron chi connectivity index (χ3n) is 4.36. The van der Waals surface area contributed by atoms with Gasteiger partial charge in [-0.15, -0.1) is 0 Å². The molecular weight excluding hydrogens is 282 g/mol. The van der Waals surface area contributed by atoms with Crippen molar-refractivity contribution in [2.45, 2.75) is 37.8 Å². The summed E-state index contributed by atoms with van der Waals surface area (Å²) in [6.07, 6.45) is 4.37. The van der Waals surface area contributed by atoms with E-state index >= 15 is 0 Å². The predicted octanol–water partition coefficient (Wildman–Crippen LogP) is 1.04. The molecule has 1 amide bonds. The van der Waals surface area contributed by atoms with Gasteiger partial charge in [-0.05, 0) is 37.3 Å². The summed E-state index contributed by atoms with van der Waals surface area (Å²) in [6, 6.07) is 5.60. The van der Waals surface area contributed by atoms with Crippen molar-refractivity contribution in [3.8, 4) is 0 Å². The van der Waals surface area contributed by atoms with Crippen LogP contribution in [0.3, 0.4) is 0 Å². The lowest BCUT2D eigenvalue weighted by molar-refractivity contribution is -0.131. The molecule has 1 aromatic rings. The number of aromatic nitrogens is 1. The molecule has 120 valence electrons. The van der Waals surface area contributed by atoms with Crippen LogP contribution >= 0.6 is 0 Å². The number of aliphatic hydroxyl groups excluding tert-OH is 1.